The summed E-state index contributed by atoms with van der Waals surface area (Å²) >= 11 is 0. The molecule has 0 spiro atoms. The molecular formula is C13H20N4O2. The number of anilines is 1. The molecule has 1 rings (SSSR count). The smallest absolute Gasteiger partial charge is 0.254 e. The second-order valence-corrected chi connectivity index (χ2v) is 5.05. The first-order valence-electron chi connectivity index (χ1n) is 6.00. The molecule has 0 aliphatic heterocycles. The minimum atomic E-state index is -0.784. The number of rotatable bonds is 5. The van der Waals surface area contributed by atoms with E-state index in [-0.39, 0.29) is 12.5 Å². The Morgan fingerprint density at radius 1 is 1.42 bits per heavy atom. The number of aromatic nitrogens is 1. The number of nitrogens with zero attached hydrogens (tertiary/aromatic N) is 1. The highest BCUT2D eigenvalue weighted by atomic mass is 16.2. The van der Waals surface area contributed by atoms with Crippen LogP contribution < -0.4 is 16.4 Å². The van der Waals surface area contributed by atoms with Gasteiger partial charge in [0.15, 0.2) is 0 Å². The molecule has 2 amide bonds. The highest BCUT2D eigenvalue weighted by Gasteiger charge is 2.26. The fraction of sp³-hybridized carbons (Fsp3) is 0.462. The SMILES string of the molecule is CNc1cc(C)ncc1C(=O)NCC(C)(C)C(N)=O. The molecule has 0 radical (unpaired) electrons. The predicted molar refractivity (Wildman–Crippen MR) is 73.8 cm³/mol. The number of hydrogen-bond acceptors (Lipinski definition) is 4. The fourth-order valence-electron chi connectivity index (χ4n) is 1.43. The molecule has 0 fully saturated rings. The number of hydrogen-bond donors (Lipinski definition) is 3. The quantitative estimate of drug-likeness (QED) is 0.728. The minimum absolute atomic E-state index is 0.179. The van der Waals surface area contributed by atoms with E-state index in [4.69, 9.17) is 5.73 Å². The van der Waals surface area contributed by atoms with Crippen molar-refractivity contribution in [3.05, 3.63) is 23.5 Å². The Kier molecular flexibility index (Phi) is 4.47. The topological polar surface area (TPSA) is 97.1 Å². The van der Waals surface area contributed by atoms with Gasteiger partial charge >= 0.3 is 0 Å². The van der Waals surface area contributed by atoms with Gasteiger partial charge in [-0.25, -0.2) is 0 Å². The van der Waals surface area contributed by atoms with Gasteiger partial charge in [0.25, 0.3) is 5.91 Å². The molecule has 6 nitrogen and oxygen atoms in total. The van der Waals surface area contributed by atoms with E-state index >= 15 is 0 Å². The van der Waals surface area contributed by atoms with Gasteiger partial charge in [0, 0.05) is 25.5 Å². The monoisotopic (exact) mass is 264 g/mol. The van der Waals surface area contributed by atoms with Crippen LogP contribution in [-0.4, -0.2) is 30.4 Å². The largest absolute Gasteiger partial charge is 0.387 e. The number of nitrogens with two attached hydrogens (primary N) is 1. The van der Waals surface area contributed by atoms with Crippen LogP contribution in [0.5, 0.6) is 0 Å². The van der Waals surface area contributed by atoms with E-state index in [0.717, 1.165) is 5.69 Å². The van der Waals surface area contributed by atoms with Crippen molar-refractivity contribution in [2.45, 2.75) is 20.8 Å². The highest BCUT2D eigenvalue weighted by Crippen LogP contribution is 2.16. The first-order chi connectivity index (χ1) is 8.77. The molecule has 6 heteroatoms. The molecule has 1 aromatic heterocycles. The number of carbonyl (C=O) groups excluding carboxylic acids is 2. The van der Waals surface area contributed by atoms with Crippen molar-refractivity contribution in [1.82, 2.24) is 10.3 Å². The summed E-state index contributed by atoms with van der Waals surface area (Å²) in [4.78, 5) is 27.3. The first kappa shape index (κ1) is 14.9. The van der Waals surface area contributed by atoms with Crippen molar-refractivity contribution < 1.29 is 9.59 Å². The zero-order chi connectivity index (χ0) is 14.6. The van der Waals surface area contributed by atoms with Crippen molar-refractivity contribution in [3.8, 4) is 0 Å². The summed E-state index contributed by atoms with van der Waals surface area (Å²) in [6.45, 7) is 5.39. The summed E-state index contributed by atoms with van der Waals surface area (Å²) in [5, 5.41) is 5.64. The van der Waals surface area contributed by atoms with Crippen LogP contribution in [0.1, 0.15) is 29.9 Å². The molecule has 0 aromatic carbocycles. The van der Waals surface area contributed by atoms with Crippen LogP contribution in [0.15, 0.2) is 12.3 Å². The molecule has 0 saturated heterocycles. The summed E-state index contributed by atoms with van der Waals surface area (Å²) < 4.78 is 0. The number of carbonyl (C=O) groups is 2. The van der Waals surface area contributed by atoms with Gasteiger partial charge in [-0.15, -0.1) is 0 Å². The lowest BCUT2D eigenvalue weighted by Crippen LogP contribution is -2.42. The summed E-state index contributed by atoms with van der Waals surface area (Å²) in [6.07, 6.45) is 1.51. The van der Waals surface area contributed by atoms with Crippen molar-refractivity contribution in [3.63, 3.8) is 0 Å². The molecule has 0 saturated carbocycles. The first-order valence-corrected chi connectivity index (χ1v) is 6.00. The average Bonchev–Trinajstić information content (AvgIpc) is 2.35. The van der Waals surface area contributed by atoms with Gasteiger partial charge in [-0.3, -0.25) is 14.6 Å². The van der Waals surface area contributed by atoms with Gasteiger partial charge in [0.1, 0.15) is 0 Å². The molecule has 0 unspecified atom stereocenters. The van der Waals surface area contributed by atoms with E-state index in [2.05, 4.69) is 15.6 Å². The van der Waals surface area contributed by atoms with Gasteiger partial charge in [0.05, 0.1) is 16.7 Å². The molecule has 0 aliphatic rings. The van der Waals surface area contributed by atoms with E-state index in [1.807, 2.05) is 6.92 Å². The molecular weight excluding hydrogens is 244 g/mol. The van der Waals surface area contributed by atoms with Crippen molar-refractivity contribution >= 4 is 17.5 Å². The lowest BCUT2D eigenvalue weighted by atomic mass is 9.92. The molecule has 4 N–H and O–H groups in total. The van der Waals surface area contributed by atoms with Crippen LogP contribution in [0, 0.1) is 12.3 Å². The maximum Gasteiger partial charge on any atom is 0.254 e. The van der Waals surface area contributed by atoms with Crippen LogP contribution in [0.2, 0.25) is 0 Å². The second kappa shape index (κ2) is 5.69. The van der Waals surface area contributed by atoms with Crippen molar-refractivity contribution in [2.24, 2.45) is 11.1 Å². The van der Waals surface area contributed by atoms with Crippen molar-refractivity contribution in [2.75, 3.05) is 18.9 Å². The Labute approximate surface area is 112 Å². The Morgan fingerprint density at radius 3 is 2.58 bits per heavy atom. The molecule has 104 valence electrons. The zero-order valence-corrected chi connectivity index (χ0v) is 11.7. The standard InChI is InChI=1S/C13H20N4O2/c1-8-5-10(15-4)9(6-16-8)11(18)17-7-13(2,3)12(14)19/h5-6H,7H2,1-4H3,(H2,14,19)(H,15,16)(H,17,18). The highest BCUT2D eigenvalue weighted by molar-refractivity contribution is 5.99. The maximum absolute atomic E-state index is 12.1. The summed E-state index contributed by atoms with van der Waals surface area (Å²) in [6, 6.07) is 1.79. The van der Waals surface area contributed by atoms with E-state index in [9.17, 15) is 9.59 Å². The van der Waals surface area contributed by atoms with Gasteiger partial charge in [-0.1, -0.05) is 0 Å². The van der Waals surface area contributed by atoms with Gasteiger partial charge in [0.2, 0.25) is 5.91 Å². The van der Waals surface area contributed by atoms with E-state index in [1.165, 1.54) is 6.20 Å². The zero-order valence-electron chi connectivity index (χ0n) is 11.7. The molecule has 0 bridgehead atoms. The minimum Gasteiger partial charge on any atom is -0.387 e. The Bertz CT molecular complexity index is 497. The van der Waals surface area contributed by atoms with Gasteiger partial charge in [-0.05, 0) is 26.8 Å². The second-order valence-electron chi connectivity index (χ2n) is 5.05. The molecule has 1 heterocycles. The molecule has 19 heavy (non-hydrogen) atoms. The average molecular weight is 264 g/mol. The van der Waals surface area contributed by atoms with Crippen LogP contribution in [0.25, 0.3) is 0 Å². The summed E-state index contributed by atoms with van der Waals surface area (Å²) in [5.74, 6) is -0.741. The Balaban J connectivity index is 2.82. The maximum atomic E-state index is 12.1. The lowest BCUT2D eigenvalue weighted by Gasteiger charge is -2.21. The van der Waals surface area contributed by atoms with E-state index < -0.39 is 11.3 Å². The lowest BCUT2D eigenvalue weighted by molar-refractivity contribution is -0.125. The van der Waals surface area contributed by atoms with Crippen molar-refractivity contribution in [1.29, 1.82) is 0 Å². The van der Waals surface area contributed by atoms with Crippen LogP contribution in [0.4, 0.5) is 5.69 Å². The summed E-state index contributed by atoms with van der Waals surface area (Å²) in [5.41, 5.74) is 6.42. The van der Waals surface area contributed by atoms with Crippen LogP contribution in [-0.2, 0) is 4.79 Å². The molecule has 0 aliphatic carbocycles. The summed E-state index contributed by atoms with van der Waals surface area (Å²) in [7, 11) is 1.74. The van der Waals surface area contributed by atoms with Gasteiger partial charge in [-0.2, -0.15) is 0 Å². The van der Waals surface area contributed by atoms with Crippen LogP contribution in [0.3, 0.4) is 0 Å². The Morgan fingerprint density at radius 2 is 2.05 bits per heavy atom. The molecule has 1 aromatic rings. The number of primary amides is 1. The number of nitrogens with one attached hydrogen (secondary N) is 2. The predicted octanol–water partition coefficient (Wildman–Crippen LogP) is 0.673. The third-order valence-corrected chi connectivity index (χ3v) is 2.91. The van der Waals surface area contributed by atoms with Crippen LogP contribution >= 0.6 is 0 Å². The number of aryl methyl sites for hydroxylation is 1. The number of amides is 2. The third-order valence-electron chi connectivity index (χ3n) is 2.91. The fourth-order valence-corrected chi connectivity index (χ4v) is 1.43. The molecule has 0 atom stereocenters. The number of pyridine rings is 1. The Hall–Kier alpha value is -2.11. The van der Waals surface area contributed by atoms with E-state index in [1.54, 1.807) is 27.0 Å². The van der Waals surface area contributed by atoms with Gasteiger partial charge < -0.3 is 16.4 Å². The van der Waals surface area contributed by atoms with E-state index in [0.29, 0.717) is 11.3 Å². The third kappa shape index (κ3) is 3.67. The normalized spacial score (nSPS) is 10.9.